The smallest absolute Gasteiger partial charge is 0.161 e. The third-order valence-corrected chi connectivity index (χ3v) is 16.2. The van der Waals surface area contributed by atoms with E-state index in [1.54, 1.807) is 0 Å². The molecule has 14 unspecified atom stereocenters. The minimum atomic E-state index is -0.818. The topological polar surface area (TPSA) is 58.9 Å². The van der Waals surface area contributed by atoms with Gasteiger partial charge in [-0.15, -0.1) is 0 Å². The van der Waals surface area contributed by atoms with Crippen LogP contribution in [0, 0.1) is 71.0 Å². The van der Waals surface area contributed by atoms with E-state index in [-0.39, 0.29) is 35.4 Å². The van der Waals surface area contributed by atoms with E-state index in [1.807, 2.05) is 0 Å². The number of aliphatic hydroxyl groups excluding tert-OH is 2. The van der Waals surface area contributed by atoms with Crippen LogP contribution in [0.5, 0.6) is 0 Å². The van der Waals surface area contributed by atoms with Crippen LogP contribution in [-0.2, 0) is 9.47 Å². The molecule has 2 N–H and O–H groups in total. The van der Waals surface area contributed by atoms with Crippen LogP contribution in [0.15, 0.2) is 47.6 Å². The summed E-state index contributed by atoms with van der Waals surface area (Å²) in [6, 6.07) is 0. The molecule has 0 saturated heterocycles. The van der Waals surface area contributed by atoms with E-state index in [0.29, 0.717) is 23.2 Å². The average molecular weight is 774 g/mol. The first-order valence-electron chi connectivity index (χ1n) is 19.7. The van der Waals surface area contributed by atoms with Crippen molar-refractivity contribution in [2.24, 2.45) is 64.1 Å². The molecule has 6 rings (SSSR count). The first kappa shape index (κ1) is 37.2. The maximum absolute atomic E-state index is 11.6. The lowest BCUT2D eigenvalue weighted by Gasteiger charge is -2.60. The molecule has 268 valence electrons. The highest BCUT2D eigenvalue weighted by Gasteiger charge is 2.66. The van der Waals surface area contributed by atoms with Crippen molar-refractivity contribution in [3.05, 3.63) is 54.5 Å². The predicted molar refractivity (Wildman–Crippen MR) is 205 cm³/mol. The average Bonchev–Trinajstić information content (AvgIpc) is 3.43. The van der Waals surface area contributed by atoms with Crippen molar-refractivity contribution < 1.29 is 19.7 Å². The van der Waals surface area contributed by atoms with Crippen LogP contribution < -0.4 is 0 Å². The Morgan fingerprint density at radius 2 is 1.52 bits per heavy atom. The molecule has 0 aromatic rings. The molecule has 4 fully saturated rings. The van der Waals surface area contributed by atoms with Gasteiger partial charge in [0.25, 0.3) is 0 Å². The van der Waals surface area contributed by atoms with Gasteiger partial charge in [0, 0.05) is 28.1 Å². The number of allylic oxidation sites excluding steroid dienone is 6. The van der Waals surface area contributed by atoms with Gasteiger partial charge in [0.05, 0.1) is 19.1 Å². The molecule has 0 spiro atoms. The van der Waals surface area contributed by atoms with Crippen LogP contribution in [0.3, 0.4) is 0 Å². The number of aliphatic hydroxyl groups is 2. The van der Waals surface area contributed by atoms with Crippen molar-refractivity contribution in [3.63, 3.8) is 0 Å². The number of ether oxygens (including phenoxy) is 2. The lowest BCUT2D eigenvalue weighted by Crippen LogP contribution is -2.59. The third kappa shape index (κ3) is 7.62. The summed E-state index contributed by atoms with van der Waals surface area (Å²) < 4.78 is 14.6. The molecule has 0 bridgehead atoms. The monoisotopic (exact) mass is 773 g/mol. The van der Waals surface area contributed by atoms with Crippen LogP contribution in [-0.4, -0.2) is 39.4 Å². The molecule has 0 heterocycles. The second-order valence-corrected chi connectivity index (χ2v) is 18.6. The zero-order chi connectivity index (χ0) is 34.2. The van der Waals surface area contributed by atoms with Gasteiger partial charge in [0.15, 0.2) is 12.6 Å². The van der Waals surface area contributed by atoms with Crippen LogP contribution in [0.2, 0.25) is 0 Å². The second-order valence-electron chi connectivity index (χ2n) is 17.7. The molecule has 5 heteroatoms. The van der Waals surface area contributed by atoms with E-state index in [1.165, 1.54) is 60.5 Å². The van der Waals surface area contributed by atoms with E-state index < -0.39 is 12.6 Å². The number of rotatable bonds is 12. The lowest BCUT2D eigenvalue weighted by molar-refractivity contribution is -0.244. The molecule has 0 aliphatic heterocycles. The van der Waals surface area contributed by atoms with Crippen LogP contribution in [0.1, 0.15) is 118 Å². The lowest BCUT2D eigenvalue weighted by atomic mass is 9.43. The SMILES string of the molecule is [CH2+]C12CCC(OC(O)C3C=CC(C)=CC3)CC1C(OC(O)C1C=CC(C)=CC1)CC1C2CCC2(C)C1CC[C@@H]2C(C)CCCC(C)CI. The number of hydrogen-bond donors (Lipinski definition) is 2. The summed E-state index contributed by atoms with van der Waals surface area (Å²) in [5.74, 6) is 4.53. The quantitative estimate of drug-likeness (QED) is 0.0898. The molecule has 48 heavy (non-hydrogen) atoms. The van der Waals surface area contributed by atoms with Gasteiger partial charge in [0.1, 0.15) is 5.41 Å². The largest absolute Gasteiger partial charge is 0.367 e. The summed E-state index contributed by atoms with van der Waals surface area (Å²) in [6.45, 7) is 17.0. The van der Waals surface area contributed by atoms with E-state index in [4.69, 9.17) is 16.4 Å². The first-order chi connectivity index (χ1) is 22.9. The highest BCUT2D eigenvalue weighted by Crippen LogP contribution is 2.69. The molecule has 0 aromatic heterocycles. The highest BCUT2D eigenvalue weighted by atomic mass is 127. The fourth-order valence-corrected chi connectivity index (χ4v) is 12.2. The van der Waals surface area contributed by atoms with Gasteiger partial charge in [-0.2, -0.15) is 0 Å². The molecular weight excluding hydrogens is 707 g/mol. The van der Waals surface area contributed by atoms with E-state index in [0.717, 1.165) is 56.3 Å². The minimum Gasteiger partial charge on any atom is -0.367 e. The first-order valence-corrected chi connectivity index (χ1v) is 21.2. The van der Waals surface area contributed by atoms with Crippen molar-refractivity contribution >= 4 is 22.6 Å². The number of hydrogen-bond acceptors (Lipinski definition) is 4. The highest BCUT2D eigenvalue weighted by molar-refractivity contribution is 14.1. The Morgan fingerprint density at radius 1 is 0.854 bits per heavy atom. The van der Waals surface area contributed by atoms with Gasteiger partial charge in [-0.25, -0.2) is 0 Å². The molecule has 6 aliphatic rings. The van der Waals surface area contributed by atoms with Gasteiger partial charge >= 0.3 is 0 Å². The predicted octanol–water partition coefficient (Wildman–Crippen LogP) is 10.4. The molecule has 15 atom stereocenters. The van der Waals surface area contributed by atoms with Crippen molar-refractivity contribution in [1.29, 1.82) is 0 Å². The summed E-state index contributed by atoms with van der Waals surface area (Å²) >= 11 is 2.55. The zero-order valence-corrected chi connectivity index (χ0v) is 32.8. The maximum Gasteiger partial charge on any atom is 0.161 e. The van der Waals surface area contributed by atoms with Crippen LogP contribution in [0.25, 0.3) is 0 Å². The Morgan fingerprint density at radius 3 is 2.15 bits per heavy atom. The molecule has 6 aliphatic carbocycles. The number of alkyl halides is 1. The van der Waals surface area contributed by atoms with Crippen molar-refractivity contribution in [2.75, 3.05) is 4.43 Å². The summed E-state index contributed by atoms with van der Waals surface area (Å²) in [7, 11) is 0. The summed E-state index contributed by atoms with van der Waals surface area (Å²) in [5.41, 5.74) is 2.81. The number of fused-ring (bicyclic) bond motifs is 5. The van der Waals surface area contributed by atoms with Gasteiger partial charge in [-0.05, 0) is 119 Å². The fraction of sp³-hybridized carbons (Fsp3) is 0.791. The van der Waals surface area contributed by atoms with Crippen molar-refractivity contribution in [2.45, 2.75) is 143 Å². The van der Waals surface area contributed by atoms with Crippen molar-refractivity contribution in [1.82, 2.24) is 0 Å². The summed E-state index contributed by atoms with van der Waals surface area (Å²) in [4.78, 5) is 0. The van der Waals surface area contributed by atoms with Gasteiger partial charge < -0.3 is 19.7 Å². The Balaban J connectivity index is 1.19. The fourth-order valence-electron chi connectivity index (χ4n) is 11.8. The van der Waals surface area contributed by atoms with E-state index in [9.17, 15) is 10.2 Å². The Bertz CT molecular complexity index is 1220. The molecule has 0 radical (unpaired) electrons. The Kier molecular flexibility index (Phi) is 12.0. The molecule has 0 amide bonds. The summed E-state index contributed by atoms with van der Waals surface area (Å²) in [5, 5.41) is 22.7. The molecular formula is C43H66IO4+. The Labute approximate surface area is 306 Å². The Hall–Kier alpha value is -0.600. The second kappa shape index (κ2) is 15.6. The number of halogens is 1. The molecule has 4 nitrogen and oxygen atoms in total. The van der Waals surface area contributed by atoms with Gasteiger partial charge in [0.2, 0.25) is 0 Å². The van der Waals surface area contributed by atoms with E-state index in [2.05, 4.69) is 93.7 Å². The zero-order valence-electron chi connectivity index (χ0n) is 30.7. The third-order valence-electron chi connectivity index (χ3n) is 14.7. The normalized spacial score (nSPS) is 43.3. The van der Waals surface area contributed by atoms with Crippen LogP contribution in [0.4, 0.5) is 0 Å². The van der Waals surface area contributed by atoms with Crippen LogP contribution >= 0.6 is 22.6 Å². The molecule has 4 saturated carbocycles. The summed E-state index contributed by atoms with van der Waals surface area (Å²) in [6.07, 6.45) is 26.1. The van der Waals surface area contributed by atoms with Crippen molar-refractivity contribution in [3.8, 4) is 0 Å². The maximum atomic E-state index is 11.6. The van der Waals surface area contributed by atoms with Gasteiger partial charge in [-0.1, -0.05) is 104 Å². The van der Waals surface area contributed by atoms with Gasteiger partial charge in [-0.3, -0.25) is 0 Å². The molecule has 0 aromatic carbocycles. The standard InChI is InChI=1S/C43H66IO4/c1-27-10-14-31(15-11-27)40(45)47-33-20-22-43(6)37-21-23-42(5)35(30(4)9-7-8-29(3)26-44)18-19-36(42)34(37)25-39(38(43)24-33)48-41(46)32-16-12-28(2)13-17-32/h10-14,16,29-41,45-46H,6-9,15,17-26H2,1-5H3/q+1/t29?,30?,31?,32?,33?,34?,35-,36?,37?,38?,39?,40?,41?,42?,43?/m1/s1. The van der Waals surface area contributed by atoms with E-state index >= 15 is 0 Å². The minimum absolute atomic E-state index is 0.00255.